The van der Waals surface area contributed by atoms with Crippen molar-refractivity contribution in [3.63, 3.8) is 0 Å². The van der Waals surface area contributed by atoms with Crippen molar-refractivity contribution in [2.75, 3.05) is 14.2 Å². The number of unbranched alkanes of at least 4 members (excludes halogenated alkanes) is 4. The van der Waals surface area contributed by atoms with E-state index < -0.39 is 22.7 Å². The van der Waals surface area contributed by atoms with Crippen molar-refractivity contribution in [1.29, 1.82) is 0 Å². The number of nitrogens with zero attached hydrogens (tertiary/aromatic N) is 2. The van der Waals surface area contributed by atoms with E-state index in [1.54, 1.807) is 0 Å². The molecule has 0 aliphatic heterocycles. The summed E-state index contributed by atoms with van der Waals surface area (Å²) in [6.07, 6.45) is 23.2. The summed E-state index contributed by atoms with van der Waals surface area (Å²) in [5, 5.41) is 15.1. The number of carbonyl (C=O) groups excluding carboxylic acids is 3. The van der Waals surface area contributed by atoms with Gasteiger partial charge in [0.05, 0.1) is 38.2 Å². The van der Waals surface area contributed by atoms with Gasteiger partial charge in [0.1, 0.15) is 5.69 Å². The number of ketones is 1. The molecule has 4 aromatic rings. The fourth-order valence-electron chi connectivity index (χ4n) is 8.41. The molecule has 1 N–H and O–H groups in total. The number of methoxy groups -OCH3 is 2. The molecule has 0 saturated carbocycles. The summed E-state index contributed by atoms with van der Waals surface area (Å²) in [6.45, 7) is 31.2. The van der Waals surface area contributed by atoms with E-state index in [9.17, 15) is 19.5 Å². The molecule has 0 bridgehead atoms. The van der Waals surface area contributed by atoms with Gasteiger partial charge >= 0.3 is 11.9 Å². The number of hydrogen-bond donors (Lipinski definition) is 1. The number of rotatable bonds is 28. The summed E-state index contributed by atoms with van der Waals surface area (Å²) in [5.41, 5.74) is 3.36. The average molecular weight is 1090 g/mol. The van der Waals surface area contributed by atoms with Crippen LogP contribution in [0.25, 0.3) is 33.7 Å². The first-order valence-electron chi connectivity index (χ1n) is 27.6. The molecule has 0 saturated heterocycles. The molecule has 0 unspecified atom stereocenters. The summed E-state index contributed by atoms with van der Waals surface area (Å²) in [7, 11) is -1.13. The maximum atomic E-state index is 12.9. The number of fused-ring (bicyclic) bond motifs is 2. The zero-order chi connectivity index (χ0) is 55.3. The largest absolute Gasteiger partial charge is 0.469 e. The van der Waals surface area contributed by atoms with Crippen LogP contribution < -0.4 is 0 Å². The van der Waals surface area contributed by atoms with Crippen LogP contribution in [-0.2, 0) is 27.9 Å². The van der Waals surface area contributed by atoms with Gasteiger partial charge in [-0.05, 0) is 97.4 Å². The second-order valence-corrected chi connectivity index (χ2v) is 32.9. The predicted molar refractivity (Wildman–Crippen MR) is 327 cm³/mol. The Morgan fingerprint density at radius 1 is 0.579 bits per heavy atom. The highest BCUT2D eigenvalue weighted by Gasteiger charge is 2.41. The number of aliphatic hydroxyl groups excluding tert-OH is 1. The van der Waals surface area contributed by atoms with Gasteiger partial charge in [0, 0.05) is 53.6 Å². The topological polar surface area (TPSA) is 134 Å². The highest BCUT2D eigenvalue weighted by atomic mass is 28.4. The molecule has 2 heterocycles. The van der Waals surface area contributed by atoms with Crippen LogP contribution in [0.4, 0.5) is 0 Å². The van der Waals surface area contributed by atoms with Gasteiger partial charge in [-0.3, -0.25) is 24.4 Å². The Morgan fingerprint density at radius 2 is 0.987 bits per heavy atom. The lowest BCUT2D eigenvalue weighted by molar-refractivity contribution is -0.141. The van der Waals surface area contributed by atoms with Crippen LogP contribution in [0.15, 0.2) is 73.1 Å². The number of ether oxygens (including phenoxy) is 2. The van der Waals surface area contributed by atoms with E-state index in [4.69, 9.17) is 23.3 Å². The Balaban J connectivity index is 0.000000741. The van der Waals surface area contributed by atoms with Crippen molar-refractivity contribution >= 4 is 68.1 Å². The molecule has 10 nitrogen and oxygen atoms in total. The minimum atomic E-state index is -2.00. The number of hydrogen-bond acceptors (Lipinski definition) is 10. The zero-order valence-corrected chi connectivity index (χ0v) is 50.6. The monoisotopic (exact) mass is 1080 g/mol. The van der Waals surface area contributed by atoms with E-state index in [2.05, 4.69) is 143 Å². The van der Waals surface area contributed by atoms with E-state index in [-0.39, 0.29) is 66.7 Å². The van der Waals surface area contributed by atoms with Crippen molar-refractivity contribution < 1.29 is 37.8 Å². The Morgan fingerprint density at radius 3 is 1.42 bits per heavy atom. The van der Waals surface area contributed by atoms with Crippen molar-refractivity contribution in [3.8, 4) is 0 Å². The lowest BCUT2D eigenvalue weighted by Crippen LogP contribution is -2.45. The van der Waals surface area contributed by atoms with Crippen LogP contribution in [0.1, 0.15) is 207 Å². The molecule has 0 amide bonds. The third-order valence-electron chi connectivity index (χ3n) is 15.4. The van der Waals surface area contributed by atoms with Gasteiger partial charge in [0.15, 0.2) is 22.4 Å². The van der Waals surface area contributed by atoms with Gasteiger partial charge in [-0.15, -0.1) is 0 Å². The first-order valence-corrected chi connectivity index (χ1v) is 33.5. The standard InChI is InChI=1S/C31H49NO4Si.C31H47NO4Si.2CH4/c2*1-9-10-11-17-27(33)30-26-16-13-12-15-25(26)24(22-32-30)21-20-23(2)28(18-14-19-29(34)35-6)36-37(7,8)31(3,4)5;;/h12-13,15-16,20-23,27-28,33H,9-11,14,17-19H2,1-8H3;12-13,15-16,20-23,28H,9-11,14,17-19H2,1-8H3;2*1H4/b2*21-20+;;/t23-,27+,28+;23-,28+;;/m11../s1. The van der Waals surface area contributed by atoms with Gasteiger partial charge in [-0.1, -0.05) is 189 Å². The van der Waals surface area contributed by atoms with E-state index in [0.29, 0.717) is 25.0 Å². The molecule has 0 spiro atoms. The Kier molecular flexibility index (Phi) is 30.4. The molecule has 0 fully saturated rings. The fourth-order valence-corrected chi connectivity index (χ4v) is 11.3. The zero-order valence-electron chi connectivity index (χ0n) is 48.6. The number of aromatic nitrogens is 2. The molecule has 0 aliphatic carbocycles. The van der Waals surface area contributed by atoms with Crippen molar-refractivity contribution in [1.82, 2.24) is 9.97 Å². The van der Waals surface area contributed by atoms with Gasteiger partial charge in [0.25, 0.3) is 0 Å². The molecule has 12 heteroatoms. The summed E-state index contributed by atoms with van der Waals surface area (Å²) in [6, 6.07) is 16.2. The fraction of sp³-hybridized carbons (Fsp3) is 0.609. The molecule has 4 rings (SSSR count). The second kappa shape index (κ2) is 33.2. The number of esters is 2. The number of aliphatic hydroxyl groups is 1. The highest BCUT2D eigenvalue weighted by molar-refractivity contribution is 6.74. The Bertz CT molecular complexity index is 2440. The van der Waals surface area contributed by atoms with E-state index >= 15 is 0 Å². The van der Waals surface area contributed by atoms with Gasteiger partial charge in [-0.25, -0.2) is 0 Å². The van der Waals surface area contributed by atoms with E-state index in [1.165, 1.54) is 14.2 Å². The molecular weight excluding hydrogens is 981 g/mol. The first kappa shape index (κ1) is 69.7. The van der Waals surface area contributed by atoms with Crippen molar-refractivity contribution in [2.45, 2.75) is 229 Å². The normalized spacial score (nSPS) is 14.3. The summed E-state index contributed by atoms with van der Waals surface area (Å²) < 4.78 is 23.3. The molecule has 2 aromatic heterocycles. The number of pyridine rings is 2. The minimum Gasteiger partial charge on any atom is -0.469 e. The Hall–Kier alpha value is -4.34. The third kappa shape index (κ3) is 21.5. The predicted octanol–water partition coefficient (Wildman–Crippen LogP) is 17.9. The summed E-state index contributed by atoms with van der Waals surface area (Å²) >= 11 is 0. The van der Waals surface area contributed by atoms with Crippen molar-refractivity contribution in [3.05, 3.63) is 95.6 Å². The van der Waals surface area contributed by atoms with Crippen LogP contribution in [-0.4, -0.2) is 75.9 Å². The van der Waals surface area contributed by atoms with E-state index in [1.807, 2.05) is 42.7 Å². The maximum absolute atomic E-state index is 12.9. The smallest absolute Gasteiger partial charge is 0.305 e. The highest BCUT2D eigenvalue weighted by Crippen LogP contribution is 2.41. The SMILES string of the molecule is C.C.CCCCCC(=O)c1ncc(/C=C/[C@@H](C)[C@H](CCCC(=O)OC)O[Si](C)(C)C(C)(C)C)c2ccccc12.CCCCC[C@H](O)c1ncc(/C=C/[C@@H](C)[C@H](CCCC(=O)OC)O[Si](C)(C)C(C)(C)C)c2ccccc12. The van der Waals surface area contributed by atoms with Gasteiger partial charge in [-0.2, -0.15) is 0 Å². The molecule has 2 aromatic carbocycles. The van der Waals surface area contributed by atoms with Crippen LogP contribution in [0.5, 0.6) is 0 Å². The lowest BCUT2D eigenvalue weighted by Gasteiger charge is -2.40. The van der Waals surface area contributed by atoms with Gasteiger partial charge in [0.2, 0.25) is 0 Å². The molecular formula is C64H104N2O8Si2. The molecule has 0 radical (unpaired) electrons. The number of Topliss-reactive ketones (excluding diaryl/α,β-unsaturated/α-hetero) is 1. The summed E-state index contributed by atoms with van der Waals surface area (Å²) in [5.74, 6) is 0.0488. The first-order chi connectivity index (χ1) is 34.8. The van der Waals surface area contributed by atoms with E-state index in [0.717, 1.165) is 109 Å². The lowest BCUT2D eigenvalue weighted by atomic mass is 9.96. The quantitative estimate of drug-likeness (QED) is 0.0254. The van der Waals surface area contributed by atoms with Crippen LogP contribution in [0.2, 0.25) is 36.3 Å². The average Bonchev–Trinajstić information content (AvgIpc) is 3.35. The van der Waals surface area contributed by atoms with Crippen molar-refractivity contribution in [2.24, 2.45) is 11.8 Å². The van der Waals surface area contributed by atoms with Crippen LogP contribution in [0, 0.1) is 11.8 Å². The van der Waals surface area contributed by atoms with Crippen LogP contribution >= 0.6 is 0 Å². The summed E-state index contributed by atoms with van der Waals surface area (Å²) in [4.78, 5) is 45.6. The second-order valence-electron chi connectivity index (χ2n) is 23.4. The maximum Gasteiger partial charge on any atom is 0.305 e. The Labute approximate surface area is 463 Å². The number of benzene rings is 2. The minimum absolute atomic E-state index is 0. The third-order valence-corrected chi connectivity index (χ3v) is 24.4. The van der Waals surface area contributed by atoms with Gasteiger partial charge < -0.3 is 23.4 Å². The molecule has 426 valence electrons. The van der Waals surface area contributed by atoms with Crippen LogP contribution in [0.3, 0.4) is 0 Å². The molecule has 0 aliphatic rings. The number of carbonyl (C=O) groups is 3. The molecule has 5 atom stereocenters. The molecule has 76 heavy (non-hydrogen) atoms.